The Hall–Kier alpha value is -0.910. The number of rotatable bonds is 12. The van der Waals surface area contributed by atoms with Crippen molar-refractivity contribution in [2.24, 2.45) is 0 Å². The molecule has 1 aromatic carbocycles. The maximum absolute atomic E-state index is 13.5. The number of hydrogen-bond donors (Lipinski definition) is 1. The minimum Gasteiger partial charge on any atom is -0.507 e. The molecule has 0 spiro atoms. The minimum absolute atomic E-state index is 0.123. The van der Waals surface area contributed by atoms with Crippen LogP contribution >= 0.6 is 7.60 Å². The van der Waals surface area contributed by atoms with E-state index >= 15 is 0 Å². The molecule has 0 saturated heterocycles. The Kier molecular flexibility index (Phi) is 10.5. The van der Waals surface area contributed by atoms with Gasteiger partial charge in [-0.2, -0.15) is 0 Å². The maximum Gasteiger partial charge on any atom is 0.335 e. The van der Waals surface area contributed by atoms with Crippen LogP contribution in [0.25, 0.3) is 0 Å². The van der Waals surface area contributed by atoms with Gasteiger partial charge in [0.25, 0.3) is 0 Å². The third-order valence-electron chi connectivity index (χ3n) is 4.60. The minimum atomic E-state index is -3.42. The summed E-state index contributed by atoms with van der Waals surface area (Å²) in [6.07, 6.45) is 0.123. The van der Waals surface area contributed by atoms with Gasteiger partial charge in [0.2, 0.25) is 0 Å². The molecule has 0 bridgehead atoms. The molecule has 7 heteroatoms. The Morgan fingerprint density at radius 3 is 1.53 bits per heavy atom. The molecular weight excluding hydrogens is 403 g/mol. The predicted octanol–water partition coefficient (Wildman–Crippen LogP) is 5.79. The quantitative estimate of drug-likeness (QED) is 0.325. The van der Waals surface area contributed by atoms with Crippen LogP contribution in [0.3, 0.4) is 0 Å². The zero-order chi connectivity index (χ0) is 23.0. The average molecular weight is 445 g/mol. The molecule has 0 radical (unpaired) electrons. The first kappa shape index (κ1) is 27.1. The van der Waals surface area contributed by atoms with Crippen molar-refractivity contribution >= 4 is 7.60 Å². The fourth-order valence-electron chi connectivity index (χ4n) is 3.04. The monoisotopic (exact) mass is 444 g/mol. The Bertz CT molecular complexity index is 652. The molecule has 0 aliphatic rings. The van der Waals surface area contributed by atoms with E-state index in [0.29, 0.717) is 32.2 Å². The van der Waals surface area contributed by atoms with Crippen molar-refractivity contribution in [2.75, 3.05) is 39.6 Å². The molecule has 30 heavy (non-hydrogen) atoms. The van der Waals surface area contributed by atoms with Crippen molar-refractivity contribution < 1.29 is 28.2 Å². The zero-order valence-corrected chi connectivity index (χ0v) is 20.9. The summed E-state index contributed by atoms with van der Waals surface area (Å²) < 4.78 is 35.5. The Morgan fingerprint density at radius 2 is 1.20 bits per heavy atom. The number of hydrogen-bond acceptors (Lipinski definition) is 6. The zero-order valence-electron chi connectivity index (χ0n) is 20.0. The van der Waals surface area contributed by atoms with Crippen molar-refractivity contribution in [3.63, 3.8) is 0 Å². The summed E-state index contributed by atoms with van der Waals surface area (Å²) in [6.45, 7) is 18.3. The van der Waals surface area contributed by atoms with Crippen molar-refractivity contribution in [2.45, 2.75) is 72.4 Å². The molecule has 0 aliphatic heterocycles. The highest BCUT2D eigenvalue weighted by Crippen LogP contribution is 2.52. The second kappa shape index (κ2) is 11.6. The van der Waals surface area contributed by atoms with Gasteiger partial charge in [-0.25, -0.2) is 0 Å². The average Bonchev–Trinajstić information content (AvgIpc) is 2.62. The Balaban J connectivity index is 3.23. The topological polar surface area (TPSA) is 74.2 Å². The third-order valence-corrected chi connectivity index (χ3v) is 6.51. The molecule has 0 amide bonds. The number of phenolic OH excluding ortho intramolecular Hbond substituents is 1. The fourth-order valence-corrected chi connectivity index (χ4v) is 4.63. The summed E-state index contributed by atoms with van der Waals surface area (Å²) >= 11 is 0. The normalized spacial score (nSPS) is 13.1. The highest BCUT2D eigenvalue weighted by molar-refractivity contribution is 7.53. The van der Waals surface area contributed by atoms with Gasteiger partial charge in [-0.15, -0.1) is 0 Å². The van der Waals surface area contributed by atoms with E-state index in [0.717, 1.165) is 16.7 Å². The van der Waals surface area contributed by atoms with Crippen LogP contribution in [0.2, 0.25) is 0 Å². The summed E-state index contributed by atoms with van der Waals surface area (Å²) in [5.74, 6) is 0.295. The summed E-state index contributed by atoms with van der Waals surface area (Å²) in [4.78, 5) is 0. The van der Waals surface area contributed by atoms with Crippen LogP contribution in [0, 0.1) is 0 Å². The first-order chi connectivity index (χ1) is 13.8. The van der Waals surface area contributed by atoms with E-state index in [2.05, 4.69) is 41.5 Å². The van der Waals surface area contributed by atoms with Crippen molar-refractivity contribution in [1.29, 1.82) is 0 Å². The first-order valence-electron chi connectivity index (χ1n) is 10.7. The highest BCUT2D eigenvalue weighted by atomic mass is 31.2. The summed E-state index contributed by atoms with van der Waals surface area (Å²) in [5, 5.41) is 10.9. The maximum atomic E-state index is 13.5. The molecule has 1 N–H and O–H groups in total. The van der Waals surface area contributed by atoms with E-state index in [9.17, 15) is 9.67 Å². The molecule has 0 fully saturated rings. The van der Waals surface area contributed by atoms with Gasteiger partial charge < -0.3 is 23.6 Å². The van der Waals surface area contributed by atoms with Gasteiger partial charge in [0.1, 0.15) is 5.75 Å². The van der Waals surface area contributed by atoms with Crippen LogP contribution in [0.5, 0.6) is 5.75 Å². The molecule has 1 aromatic rings. The number of phenols is 1. The van der Waals surface area contributed by atoms with E-state index in [1.54, 1.807) is 0 Å². The molecule has 0 unspecified atom stereocenters. The van der Waals surface area contributed by atoms with Gasteiger partial charge >= 0.3 is 7.60 Å². The Morgan fingerprint density at radius 1 is 0.800 bits per heavy atom. The van der Waals surface area contributed by atoms with E-state index in [1.807, 2.05) is 26.0 Å². The lowest BCUT2D eigenvalue weighted by molar-refractivity contribution is 0.0809. The van der Waals surface area contributed by atoms with Crippen molar-refractivity contribution in [1.82, 2.24) is 0 Å². The van der Waals surface area contributed by atoms with Crippen LogP contribution in [-0.4, -0.2) is 44.7 Å². The van der Waals surface area contributed by atoms with Gasteiger partial charge in [-0.05, 0) is 41.4 Å². The Labute approximate surface area is 182 Å². The molecule has 0 aromatic heterocycles. The smallest absolute Gasteiger partial charge is 0.335 e. The fraction of sp³-hybridized carbons (Fsp3) is 0.739. The molecule has 0 saturated carbocycles. The van der Waals surface area contributed by atoms with Crippen molar-refractivity contribution in [3.05, 3.63) is 28.8 Å². The molecule has 0 heterocycles. The van der Waals surface area contributed by atoms with Crippen LogP contribution < -0.4 is 0 Å². The van der Waals surface area contributed by atoms with E-state index in [1.165, 1.54) is 0 Å². The second-order valence-electron chi connectivity index (χ2n) is 9.37. The standard InChI is InChI=1S/C23H41O6P/c1-9-26-11-13-28-30(25,29-14-12-27-10-2)17-18-15-19(22(3,4)5)21(24)20(16-18)23(6,7)8/h15-16,24H,9-14,17H2,1-8H3. The van der Waals surface area contributed by atoms with Gasteiger partial charge in [0.05, 0.1) is 32.6 Å². The van der Waals surface area contributed by atoms with Gasteiger partial charge in [-0.1, -0.05) is 53.7 Å². The third kappa shape index (κ3) is 8.68. The van der Waals surface area contributed by atoms with Crippen LogP contribution in [0.1, 0.15) is 72.1 Å². The van der Waals surface area contributed by atoms with Crippen molar-refractivity contribution in [3.8, 4) is 5.75 Å². The number of ether oxygens (including phenoxy) is 2. The predicted molar refractivity (Wildman–Crippen MR) is 122 cm³/mol. The summed E-state index contributed by atoms with van der Waals surface area (Å²) in [5.41, 5.74) is 1.92. The van der Waals surface area contributed by atoms with Gasteiger partial charge in [0, 0.05) is 13.2 Å². The van der Waals surface area contributed by atoms with E-state index in [-0.39, 0.29) is 30.2 Å². The summed E-state index contributed by atoms with van der Waals surface area (Å²) in [6, 6.07) is 3.82. The molecule has 0 aliphatic carbocycles. The van der Waals surface area contributed by atoms with Crippen LogP contribution in [-0.2, 0) is 40.1 Å². The first-order valence-corrected chi connectivity index (χ1v) is 12.5. The molecule has 174 valence electrons. The molecule has 1 rings (SSSR count). The lowest BCUT2D eigenvalue weighted by atomic mass is 9.78. The lowest BCUT2D eigenvalue weighted by Gasteiger charge is -2.29. The molecule has 6 nitrogen and oxygen atoms in total. The van der Waals surface area contributed by atoms with Crippen LogP contribution in [0.4, 0.5) is 0 Å². The second-order valence-corrected chi connectivity index (χ2v) is 11.4. The van der Waals surface area contributed by atoms with Gasteiger partial charge in [-0.3, -0.25) is 4.57 Å². The van der Waals surface area contributed by atoms with E-state index < -0.39 is 7.60 Å². The number of benzene rings is 1. The SMILES string of the molecule is CCOCCOP(=O)(Cc1cc(C(C)(C)C)c(O)c(C(C)(C)C)c1)OCCOCC. The van der Waals surface area contributed by atoms with Gasteiger partial charge in [0.15, 0.2) is 0 Å². The largest absolute Gasteiger partial charge is 0.507 e. The highest BCUT2D eigenvalue weighted by Gasteiger charge is 2.30. The van der Waals surface area contributed by atoms with Crippen LogP contribution in [0.15, 0.2) is 12.1 Å². The summed E-state index contributed by atoms with van der Waals surface area (Å²) in [7, 11) is -3.42. The molecule has 0 atom stereocenters. The molecular formula is C23H41O6P. The lowest BCUT2D eigenvalue weighted by Crippen LogP contribution is -2.18. The number of aromatic hydroxyl groups is 1. The van der Waals surface area contributed by atoms with E-state index in [4.69, 9.17) is 18.5 Å².